The highest BCUT2D eigenvalue weighted by atomic mass is 16.2. The van der Waals surface area contributed by atoms with Crippen LogP contribution in [0, 0.1) is 6.92 Å². The van der Waals surface area contributed by atoms with Crippen LogP contribution in [0.2, 0.25) is 0 Å². The van der Waals surface area contributed by atoms with Gasteiger partial charge in [0.2, 0.25) is 0 Å². The molecule has 3 aromatic rings. The van der Waals surface area contributed by atoms with E-state index in [0.29, 0.717) is 17.1 Å². The minimum absolute atomic E-state index is 0.0625. The lowest BCUT2D eigenvalue weighted by molar-refractivity contribution is 0.100. The van der Waals surface area contributed by atoms with Crippen LogP contribution in [0.5, 0.6) is 0 Å². The molecule has 2 aromatic carbocycles. The number of hydrogen-bond donors (Lipinski definition) is 2. The van der Waals surface area contributed by atoms with Gasteiger partial charge >= 0.3 is 0 Å². The van der Waals surface area contributed by atoms with Crippen LogP contribution in [0.25, 0.3) is 0 Å². The van der Waals surface area contributed by atoms with Crippen molar-refractivity contribution in [1.29, 1.82) is 0 Å². The highest BCUT2D eigenvalue weighted by Gasteiger charge is 2.10. The maximum atomic E-state index is 12.3. The number of carbonyl (C=O) groups is 2. The zero-order valence-corrected chi connectivity index (χ0v) is 14.5. The second-order valence-electron chi connectivity index (χ2n) is 5.82. The van der Waals surface area contributed by atoms with Gasteiger partial charge < -0.3 is 10.6 Å². The molecule has 130 valence electrons. The fourth-order valence-corrected chi connectivity index (χ4v) is 2.37. The van der Waals surface area contributed by atoms with Gasteiger partial charge in [0.15, 0.2) is 5.78 Å². The summed E-state index contributed by atoms with van der Waals surface area (Å²) in [6.45, 7) is 3.47. The van der Waals surface area contributed by atoms with Gasteiger partial charge in [0, 0.05) is 16.9 Å². The van der Waals surface area contributed by atoms with E-state index in [4.69, 9.17) is 0 Å². The molecule has 0 aliphatic rings. The molecule has 0 atom stereocenters. The number of aromatic nitrogens is 2. The van der Waals surface area contributed by atoms with Crippen LogP contribution >= 0.6 is 0 Å². The van der Waals surface area contributed by atoms with Crippen molar-refractivity contribution in [3.63, 3.8) is 0 Å². The van der Waals surface area contributed by atoms with Gasteiger partial charge in [-0.15, -0.1) is 0 Å². The van der Waals surface area contributed by atoms with Crippen molar-refractivity contribution in [2.24, 2.45) is 0 Å². The van der Waals surface area contributed by atoms with Gasteiger partial charge in [-0.25, -0.2) is 9.97 Å². The number of rotatable bonds is 5. The van der Waals surface area contributed by atoms with E-state index in [1.54, 1.807) is 24.3 Å². The van der Waals surface area contributed by atoms with Gasteiger partial charge in [-0.05, 0) is 37.6 Å². The van der Waals surface area contributed by atoms with Crippen LogP contribution in [0.3, 0.4) is 0 Å². The number of benzene rings is 2. The lowest BCUT2D eigenvalue weighted by Crippen LogP contribution is -2.14. The predicted octanol–water partition coefficient (Wildman–Crippen LogP) is 3.98. The quantitative estimate of drug-likeness (QED) is 0.683. The lowest BCUT2D eigenvalue weighted by atomic mass is 10.1. The van der Waals surface area contributed by atoms with Crippen molar-refractivity contribution in [1.82, 2.24) is 9.97 Å². The van der Waals surface area contributed by atoms with Crippen LogP contribution in [0.1, 0.15) is 33.3 Å². The number of aryl methyl sites for hydroxylation is 1. The standard InChI is InChI=1S/C20H18N4O2/c1-13-6-3-4-9-17(13)24-19-12-21-18(11-22-19)20(26)23-16-8-5-7-15(10-16)14(2)25/h3-12H,1-2H3,(H,22,24)(H,23,26). The molecular formula is C20H18N4O2. The number of nitrogens with one attached hydrogen (secondary N) is 2. The van der Waals surface area contributed by atoms with E-state index < -0.39 is 0 Å². The Hall–Kier alpha value is -3.54. The SMILES string of the molecule is CC(=O)c1cccc(NC(=O)c2cnc(Nc3ccccc3C)cn2)c1. The molecule has 1 amide bonds. The van der Waals surface area contributed by atoms with E-state index in [9.17, 15) is 9.59 Å². The monoisotopic (exact) mass is 346 g/mol. The van der Waals surface area contributed by atoms with Gasteiger partial charge in [0.05, 0.1) is 12.4 Å². The summed E-state index contributed by atoms with van der Waals surface area (Å²) < 4.78 is 0. The zero-order valence-electron chi connectivity index (χ0n) is 14.5. The molecule has 1 aromatic heterocycles. The molecular weight excluding hydrogens is 328 g/mol. The van der Waals surface area contributed by atoms with Crippen LogP contribution in [-0.4, -0.2) is 21.7 Å². The third-order valence-electron chi connectivity index (χ3n) is 3.82. The molecule has 0 bridgehead atoms. The normalized spacial score (nSPS) is 10.2. The van der Waals surface area contributed by atoms with E-state index in [1.165, 1.54) is 19.3 Å². The molecule has 6 nitrogen and oxygen atoms in total. The van der Waals surface area contributed by atoms with Crippen LogP contribution in [-0.2, 0) is 0 Å². The number of para-hydroxylation sites is 1. The molecule has 0 saturated heterocycles. The second-order valence-corrected chi connectivity index (χ2v) is 5.82. The summed E-state index contributed by atoms with van der Waals surface area (Å²) in [5.74, 6) is 0.0996. The fourth-order valence-electron chi connectivity index (χ4n) is 2.37. The first-order valence-electron chi connectivity index (χ1n) is 8.10. The molecule has 26 heavy (non-hydrogen) atoms. The first-order chi connectivity index (χ1) is 12.5. The van der Waals surface area contributed by atoms with Crippen molar-refractivity contribution < 1.29 is 9.59 Å². The lowest BCUT2D eigenvalue weighted by Gasteiger charge is -2.09. The Balaban J connectivity index is 1.70. The van der Waals surface area contributed by atoms with E-state index in [2.05, 4.69) is 20.6 Å². The minimum Gasteiger partial charge on any atom is -0.339 e. The molecule has 0 aliphatic heterocycles. The maximum Gasteiger partial charge on any atom is 0.275 e. The molecule has 6 heteroatoms. The first-order valence-corrected chi connectivity index (χ1v) is 8.10. The molecule has 3 rings (SSSR count). The average molecular weight is 346 g/mol. The Kier molecular flexibility index (Phi) is 5.03. The summed E-state index contributed by atoms with van der Waals surface area (Å²) in [5, 5.41) is 5.88. The van der Waals surface area contributed by atoms with E-state index >= 15 is 0 Å². The van der Waals surface area contributed by atoms with Gasteiger partial charge in [-0.1, -0.05) is 30.3 Å². The molecule has 0 saturated carbocycles. The summed E-state index contributed by atoms with van der Waals surface area (Å²) in [6, 6.07) is 14.6. The van der Waals surface area contributed by atoms with Crippen molar-refractivity contribution in [2.75, 3.05) is 10.6 Å². The third kappa shape index (κ3) is 4.10. The third-order valence-corrected chi connectivity index (χ3v) is 3.82. The highest BCUT2D eigenvalue weighted by Crippen LogP contribution is 2.18. The molecule has 2 N–H and O–H groups in total. The number of amides is 1. The van der Waals surface area contributed by atoms with Gasteiger partial charge in [-0.3, -0.25) is 9.59 Å². The zero-order chi connectivity index (χ0) is 18.5. The Morgan fingerprint density at radius 1 is 0.962 bits per heavy atom. The maximum absolute atomic E-state index is 12.3. The summed E-state index contributed by atoms with van der Waals surface area (Å²) in [7, 11) is 0. The number of Topliss-reactive ketones (excluding diaryl/α,β-unsaturated/α-hetero) is 1. The number of carbonyl (C=O) groups excluding carboxylic acids is 2. The number of anilines is 3. The number of nitrogens with zero attached hydrogens (tertiary/aromatic N) is 2. The van der Waals surface area contributed by atoms with Gasteiger partial charge in [-0.2, -0.15) is 0 Å². The molecule has 1 heterocycles. The Morgan fingerprint density at radius 2 is 1.77 bits per heavy atom. The van der Waals surface area contributed by atoms with E-state index in [-0.39, 0.29) is 17.4 Å². The molecule has 0 spiro atoms. The van der Waals surface area contributed by atoms with Gasteiger partial charge in [0.1, 0.15) is 11.5 Å². The highest BCUT2D eigenvalue weighted by molar-refractivity contribution is 6.03. The molecule has 0 fully saturated rings. The van der Waals surface area contributed by atoms with E-state index in [1.807, 2.05) is 31.2 Å². The summed E-state index contributed by atoms with van der Waals surface area (Å²) in [5.41, 5.74) is 3.27. The van der Waals surface area contributed by atoms with Crippen LogP contribution in [0.15, 0.2) is 60.9 Å². The Morgan fingerprint density at radius 3 is 2.46 bits per heavy atom. The number of ketones is 1. The predicted molar refractivity (Wildman–Crippen MR) is 101 cm³/mol. The minimum atomic E-state index is -0.388. The van der Waals surface area contributed by atoms with Crippen LogP contribution < -0.4 is 10.6 Å². The Bertz CT molecular complexity index is 952. The number of hydrogen-bond acceptors (Lipinski definition) is 5. The van der Waals surface area contributed by atoms with Crippen molar-refractivity contribution in [3.05, 3.63) is 77.7 Å². The smallest absolute Gasteiger partial charge is 0.275 e. The van der Waals surface area contributed by atoms with Gasteiger partial charge in [0.25, 0.3) is 5.91 Å². The molecule has 0 aliphatic carbocycles. The largest absolute Gasteiger partial charge is 0.339 e. The topological polar surface area (TPSA) is 84.0 Å². The first kappa shape index (κ1) is 17.3. The Labute approximate surface area is 151 Å². The summed E-state index contributed by atoms with van der Waals surface area (Å²) in [4.78, 5) is 32.1. The summed E-state index contributed by atoms with van der Waals surface area (Å²) >= 11 is 0. The van der Waals surface area contributed by atoms with E-state index in [0.717, 1.165) is 11.3 Å². The van der Waals surface area contributed by atoms with Crippen molar-refractivity contribution >= 4 is 28.9 Å². The second kappa shape index (κ2) is 7.57. The summed E-state index contributed by atoms with van der Waals surface area (Å²) in [6.07, 6.45) is 2.91. The van der Waals surface area contributed by atoms with Crippen molar-refractivity contribution in [3.8, 4) is 0 Å². The molecule has 0 radical (unpaired) electrons. The van der Waals surface area contributed by atoms with Crippen LogP contribution in [0.4, 0.5) is 17.2 Å². The van der Waals surface area contributed by atoms with Crippen molar-refractivity contribution in [2.45, 2.75) is 13.8 Å². The average Bonchev–Trinajstić information content (AvgIpc) is 2.64. The fraction of sp³-hybridized carbons (Fsp3) is 0.100. The molecule has 0 unspecified atom stereocenters.